The van der Waals surface area contributed by atoms with Crippen LogP contribution in [0.4, 0.5) is 84.5 Å². The molecule has 0 bridgehead atoms. The van der Waals surface area contributed by atoms with E-state index in [4.69, 9.17) is 9.84 Å². The van der Waals surface area contributed by atoms with Gasteiger partial charge in [0.2, 0.25) is 5.91 Å². The maximum atomic E-state index is 13.5. The number of pyridine rings is 3. The number of carbonyl (C=O) groups is 6. The van der Waals surface area contributed by atoms with E-state index in [0.29, 0.717) is 17.1 Å². The first-order chi connectivity index (χ1) is 57.0. The first kappa shape index (κ1) is 94.7. The zero-order valence-electron chi connectivity index (χ0n) is 68.9. The molecular weight excluding hydrogens is 1610 g/mol. The summed E-state index contributed by atoms with van der Waals surface area (Å²) in [7, 11) is 6.34. The number of anilines is 7. The van der Waals surface area contributed by atoms with Crippen LogP contribution in [0.1, 0.15) is 93.5 Å². The Hall–Kier alpha value is -12.8. The van der Waals surface area contributed by atoms with Gasteiger partial charge in [-0.2, -0.15) is 55.3 Å². The number of ether oxygens (including phenoxy) is 1. The van der Waals surface area contributed by atoms with Crippen LogP contribution in [0.25, 0.3) is 0 Å². The maximum absolute atomic E-state index is 13.5. The number of carboxylic acids is 1. The van der Waals surface area contributed by atoms with E-state index < -0.39 is 142 Å². The molecule has 4 aromatic carbocycles. The van der Waals surface area contributed by atoms with Crippen molar-refractivity contribution in [3.63, 3.8) is 0 Å². The van der Waals surface area contributed by atoms with Gasteiger partial charge in [-0.15, -0.1) is 0 Å². The molecule has 3 aromatic heterocycles. The standard InChI is InChI=1S/2C21H21F3N4O3.C21H19F3N4O.C13H16N2O.C10H15NO4/c2*1-11-5-4-6-13(7-11)27(3)20(31)17-18(30)16(29)10-28(17)19-14(9-25)15(21(22,23)24)8-12(2)26-19;1-13-6-4-7-15(10-13)27(3)20(29)18-8-5-9-28(18)19-16(12-25)17(21(22,23)24)11-14(2)26-19;1-10-5-3-6-11(9-10)15(2)13(16)12-7-4-8-14-12;1-10(2,3)15-9(14)11-6-4-5-7(11)8(12)13/h2*4-8,16-18,29-30H,10H2,1-3H3;4-8,10-11,18H,9H2,1-3H3;3-7,9,12,14H,8H2,1-2H3;4-5,7H,6H2,1-3H3,(H,12,13)/t16-,17+,18-;16-,17-,18-;18-;12-;7-/m10000/s1. The Morgan fingerprint density at radius 1 is 0.459 bits per heavy atom. The number of hydrogen-bond donors (Lipinski definition) is 6. The van der Waals surface area contributed by atoms with Gasteiger partial charge in [0.1, 0.15) is 94.3 Å². The number of aliphatic carboxylic acids is 1. The third-order valence-corrected chi connectivity index (χ3v) is 19.8. The van der Waals surface area contributed by atoms with Gasteiger partial charge in [-0.3, -0.25) is 29.4 Å². The third kappa shape index (κ3) is 22.6. The molecule has 2 fully saturated rings. The van der Waals surface area contributed by atoms with Gasteiger partial charge in [0.05, 0.1) is 28.9 Å². The van der Waals surface area contributed by atoms with Gasteiger partial charge < -0.3 is 64.6 Å². The number of carboxylic acid groups (broad SMARTS) is 1. The summed E-state index contributed by atoms with van der Waals surface area (Å²) in [5.74, 6) is -3.55. The summed E-state index contributed by atoms with van der Waals surface area (Å²) in [6, 6.07) is 31.4. The number of benzene rings is 4. The van der Waals surface area contributed by atoms with Gasteiger partial charge in [-0.05, 0) is 158 Å². The van der Waals surface area contributed by atoms with Crippen molar-refractivity contribution in [2.45, 2.75) is 148 Å². The molecule has 36 heteroatoms. The van der Waals surface area contributed by atoms with Crippen LogP contribution in [0.15, 0.2) is 152 Å². The molecule has 5 amide bonds. The predicted octanol–water partition coefficient (Wildman–Crippen LogP) is 11.1. The van der Waals surface area contributed by atoms with Gasteiger partial charge in [0.25, 0.3) is 17.7 Å². The molecule has 0 unspecified atom stereocenters. The summed E-state index contributed by atoms with van der Waals surface area (Å²) in [4.78, 5) is 96.7. The minimum absolute atomic E-state index is 0.0181. The number of nitrogens with zero attached hydrogens (tertiary/aromatic N) is 14. The number of nitriles is 3. The normalized spacial score (nSPS) is 19.5. The highest BCUT2D eigenvalue weighted by molar-refractivity contribution is 6.02. The number of amides is 5. The molecule has 0 spiro atoms. The second kappa shape index (κ2) is 39.2. The Bertz CT molecular complexity index is 5120. The fraction of sp³-hybridized carbons (Fsp3) is 0.372. The number of carbonyl (C=O) groups excluding carboxylic acids is 5. The smallest absolute Gasteiger partial charge is 0.417 e. The third-order valence-electron chi connectivity index (χ3n) is 19.8. The second-order valence-corrected chi connectivity index (χ2v) is 30.3. The minimum Gasteiger partial charge on any atom is -0.479 e. The number of likely N-dealkylation sites (N-methyl/N-ethyl adjacent to an activating group) is 4. The monoisotopic (exact) mass is 1700 g/mol. The highest BCUT2D eigenvalue weighted by Gasteiger charge is 2.51. The first-order valence-corrected chi connectivity index (χ1v) is 37.9. The first-order valence-electron chi connectivity index (χ1n) is 37.9. The molecule has 5 aliphatic heterocycles. The second-order valence-electron chi connectivity index (χ2n) is 30.3. The van der Waals surface area contributed by atoms with Crippen molar-refractivity contribution in [2.75, 3.05) is 95.2 Å². The number of aryl methyl sites for hydroxylation is 7. The summed E-state index contributed by atoms with van der Waals surface area (Å²) in [5.41, 5.74) is 0.445. The quantitative estimate of drug-likeness (QED) is 0.0489. The highest BCUT2D eigenvalue weighted by atomic mass is 19.4. The van der Waals surface area contributed by atoms with Crippen LogP contribution in [0.3, 0.4) is 0 Å². The Morgan fingerprint density at radius 2 is 0.787 bits per heavy atom. The summed E-state index contributed by atoms with van der Waals surface area (Å²) in [6.45, 7) is 17.4. The van der Waals surface area contributed by atoms with Gasteiger partial charge in [0.15, 0.2) is 6.04 Å². The largest absolute Gasteiger partial charge is 0.479 e. The number of aliphatic hydroxyl groups excluding tert-OH is 4. The van der Waals surface area contributed by atoms with Crippen molar-refractivity contribution >= 4 is 75.9 Å². The molecule has 6 N–H and O–H groups in total. The molecule has 122 heavy (non-hydrogen) atoms. The lowest BCUT2D eigenvalue weighted by atomic mass is 10.1. The van der Waals surface area contributed by atoms with Crippen molar-refractivity contribution in [3.05, 3.63) is 224 Å². The van der Waals surface area contributed by atoms with E-state index in [2.05, 4.69) is 20.3 Å². The summed E-state index contributed by atoms with van der Waals surface area (Å²) >= 11 is 0. The molecular formula is C86H92F9N15O12. The average molecular weight is 1700 g/mol. The van der Waals surface area contributed by atoms with Crippen LogP contribution in [0.2, 0.25) is 0 Å². The van der Waals surface area contributed by atoms with Crippen LogP contribution in [0.5, 0.6) is 0 Å². The van der Waals surface area contributed by atoms with E-state index in [9.17, 15) is 104 Å². The zero-order valence-corrected chi connectivity index (χ0v) is 68.9. The number of aliphatic hydroxyl groups is 4. The average Bonchev–Trinajstić information content (AvgIpc) is 1.55. The Labute approximate surface area is 698 Å². The Kier molecular flexibility index (Phi) is 30.4. The number of halogens is 9. The summed E-state index contributed by atoms with van der Waals surface area (Å²) in [5, 5.41) is 81.7. The number of nitrogens with one attached hydrogen (secondary N) is 1. The predicted molar refractivity (Wildman–Crippen MR) is 435 cm³/mol. The summed E-state index contributed by atoms with van der Waals surface area (Å²) < 4.78 is 126. The van der Waals surface area contributed by atoms with E-state index in [1.54, 1.807) is 99.5 Å². The van der Waals surface area contributed by atoms with Crippen LogP contribution >= 0.6 is 0 Å². The molecule has 0 saturated carbocycles. The van der Waals surface area contributed by atoms with Crippen molar-refractivity contribution < 1.29 is 98.6 Å². The molecule has 9 atom stereocenters. The number of rotatable bonds is 12. The topological polar surface area (TPSA) is 361 Å². The number of hydrogen-bond acceptors (Lipinski definition) is 21. The lowest BCUT2D eigenvalue weighted by Crippen LogP contribution is -2.50. The van der Waals surface area contributed by atoms with Crippen molar-refractivity contribution in [3.8, 4) is 18.2 Å². The molecule has 27 nitrogen and oxygen atoms in total. The highest BCUT2D eigenvalue weighted by Crippen LogP contribution is 2.42. The molecule has 0 radical (unpaired) electrons. The fourth-order valence-corrected chi connectivity index (χ4v) is 13.7. The van der Waals surface area contributed by atoms with Gasteiger partial charge in [-0.25, -0.2) is 24.5 Å². The lowest BCUT2D eigenvalue weighted by Gasteiger charge is -2.31. The SMILES string of the molecule is CC(C)(C)OC(=O)N1CC=C[C@H]1C(=O)O.Cc1cccc(N(C)C(=O)[C@@H]2C=CCN2)c1.Cc1cccc(N(C)C(=O)[C@@H]2C=CCN2c2nc(C)cc(C(F)(F)F)c2C#N)c1.Cc1cccc(N(C)C(=O)[C@@H]2[C@@H](O)[C@@H](O)CN2c2nc(C)cc(C(F)(F)F)c2C#N)c1.Cc1cccc(N(C)C(=O)[C@@H]2[C@H](O)[C@H](O)CN2c2nc(C)cc(C(F)(F)F)c2C#N)c1. The Balaban J connectivity index is 0.000000195. The maximum Gasteiger partial charge on any atom is 0.417 e. The number of alkyl halides is 9. The lowest BCUT2D eigenvalue weighted by molar-refractivity contribution is -0.141. The minimum atomic E-state index is -4.82. The van der Waals surface area contributed by atoms with Gasteiger partial charge >= 0.3 is 30.6 Å². The molecule has 12 rings (SSSR count). The molecule has 7 aromatic rings. The summed E-state index contributed by atoms with van der Waals surface area (Å²) in [6.07, 6.45) is -10.6. The van der Waals surface area contributed by atoms with E-state index >= 15 is 0 Å². The van der Waals surface area contributed by atoms with E-state index in [-0.39, 0.29) is 66.9 Å². The van der Waals surface area contributed by atoms with Crippen LogP contribution in [-0.2, 0) is 47.2 Å². The van der Waals surface area contributed by atoms with E-state index in [1.165, 1.54) is 77.6 Å². The van der Waals surface area contributed by atoms with Crippen molar-refractivity contribution in [2.24, 2.45) is 0 Å². The van der Waals surface area contributed by atoms with Gasteiger partial charge in [-0.1, -0.05) is 85.0 Å². The number of aromatic nitrogens is 3. The molecule has 2 saturated heterocycles. The zero-order chi connectivity index (χ0) is 90.7. The van der Waals surface area contributed by atoms with E-state index in [0.717, 1.165) is 62.5 Å². The van der Waals surface area contributed by atoms with Crippen molar-refractivity contribution in [1.82, 2.24) is 25.2 Å². The molecule has 646 valence electrons. The van der Waals surface area contributed by atoms with Crippen LogP contribution in [0, 0.1) is 82.5 Å². The fourth-order valence-electron chi connectivity index (χ4n) is 13.7. The molecule has 0 aliphatic carbocycles. The number of β-amino-alcohol motifs (C(OH)–C–C–N with tert-alkyl or cyclic N) is 2. The molecule has 5 aliphatic rings. The van der Waals surface area contributed by atoms with Gasteiger partial charge in [0, 0.05) is 101 Å². The van der Waals surface area contributed by atoms with Crippen molar-refractivity contribution in [1.29, 1.82) is 15.8 Å². The van der Waals surface area contributed by atoms with E-state index in [1.807, 2.05) is 101 Å². The molecule has 8 heterocycles. The van der Waals surface area contributed by atoms with Crippen LogP contribution in [-0.4, -0.2) is 202 Å². The Morgan fingerprint density at radius 3 is 1.10 bits per heavy atom. The van der Waals surface area contributed by atoms with Crippen LogP contribution < -0.4 is 39.6 Å².